The number of nitrogens with one attached hydrogen (secondary N) is 1. The highest BCUT2D eigenvalue weighted by atomic mass is 15.4. The molecule has 0 amide bonds. The monoisotopic (exact) mass is 227 g/mol. The van der Waals surface area contributed by atoms with Crippen molar-refractivity contribution in [2.45, 2.75) is 32.4 Å². The van der Waals surface area contributed by atoms with Crippen LogP contribution in [0, 0.1) is 0 Å². The van der Waals surface area contributed by atoms with Gasteiger partial charge in [-0.05, 0) is 20.3 Å². The average Bonchev–Trinajstić information content (AvgIpc) is 2.74. The summed E-state index contributed by atoms with van der Waals surface area (Å²) in [4.78, 5) is 0. The minimum absolute atomic E-state index is 0.471. The molecular formula is C14H17N3. The van der Waals surface area contributed by atoms with Crippen LogP contribution in [0.3, 0.4) is 0 Å². The molecule has 0 aliphatic carbocycles. The smallest absolute Gasteiger partial charge is 0.125 e. The second-order valence-corrected chi connectivity index (χ2v) is 4.86. The molecule has 0 saturated carbocycles. The molecule has 17 heavy (non-hydrogen) atoms. The molecule has 3 nitrogen and oxygen atoms in total. The van der Waals surface area contributed by atoms with Gasteiger partial charge in [-0.25, -0.2) is 4.68 Å². The van der Waals surface area contributed by atoms with Gasteiger partial charge >= 0.3 is 0 Å². The van der Waals surface area contributed by atoms with Crippen LogP contribution in [0.5, 0.6) is 0 Å². The highest BCUT2D eigenvalue weighted by Gasteiger charge is 2.22. The Morgan fingerprint density at radius 2 is 2.00 bits per heavy atom. The minimum Gasteiger partial charge on any atom is -0.368 e. The first-order valence-electron chi connectivity index (χ1n) is 6.15. The van der Waals surface area contributed by atoms with E-state index in [-0.39, 0.29) is 0 Å². The Balaban J connectivity index is 2.03. The Morgan fingerprint density at radius 3 is 2.76 bits per heavy atom. The van der Waals surface area contributed by atoms with Crippen LogP contribution in [-0.2, 0) is 0 Å². The lowest BCUT2D eigenvalue weighted by atomic mass is 10.1. The van der Waals surface area contributed by atoms with Crippen molar-refractivity contribution in [3.05, 3.63) is 36.4 Å². The molecule has 1 aromatic carbocycles. The number of hydrogen-bond donors (Lipinski definition) is 1. The first-order valence-corrected chi connectivity index (χ1v) is 6.15. The quantitative estimate of drug-likeness (QED) is 0.810. The van der Waals surface area contributed by atoms with E-state index in [1.54, 1.807) is 0 Å². The topological polar surface area (TPSA) is 29.9 Å². The van der Waals surface area contributed by atoms with Crippen molar-refractivity contribution in [3.63, 3.8) is 0 Å². The molecule has 2 heterocycles. The summed E-state index contributed by atoms with van der Waals surface area (Å²) in [5, 5.41) is 8.17. The van der Waals surface area contributed by atoms with Crippen molar-refractivity contribution in [2.24, 2.45) is 0 Å². The maximum absolute atomic E-state index is 4.69. The standard InChI is InChI=1S/C14H17N3/c1-10-8-11(2)17-14(15-10)9-13(16-17)12-6-4-3-5-7-12/h3-7,9-11,15H,8H2,1-2H3. The second kappa shape index (κ2) is 3.91. The Labute approximate surface area is 101 Å². The highest BCUT2D eigenvalue weighted by molar-refractivity contribution is 5.63. The third kappa shape index (κ3) is 1.82. The van der Waals surface area contributed by atoms with E-state index in [1.165, 1.54) is 5.56 Å². The van der Waals surface area contributed by atoms with Gasteiger partial charge in [0, 0.05) is 17.7 Å². The van der Waals surface area contributed by atoms with Crippen LogP contribution in [0.4, 0.5) is 5.82 Å². The van der Waals surface area contributed by atoms with Gasteiger partial charge in [-0.3, -0.25) is 0 Å². The molecule has 2 atom stereocenters. The summed E-state index contributed by atoms with van der Waals surface area (Å²) in [6.45, 7) is 4.44. The summed E-state index contributed by atoms with van der Waals surface area (Å²) >= 11 is 0. The fourth-order valence-electron chi connectivity index (χ4n) is 2.51. The second-order valence-electron chi connectivity index (χ2n) is 4.86. The minimum atomic E-state index is 0.471. The highest BCUT2D eigenvalue weighted by Crippen LogP contribution is 2.30. The maximum Gasteiger partial charge on any atom is 0.125 e. The summed E-state index contributed by atoms with van der Waals surface area (Å²) in [5.74, 6) is 1.13. The van der Waals surface area contributed by atoms with Crippen molar-refractivity contribution in [2.75, 3.05) is 5.32 Å². The van der Waals surface area contributed by atoms with Crippen LogP contribution >= 0.6 is 0 Å². The number of anilines is 1. The van der Waals surface area contributed by atoms with E-state index in [1.807, 2.05) is 18.2 Å². The normalized spacial score (nSPS) is 22.9. The molecular weight excluding hydrogens is 210 g/mol. The lowest BCUT2D eigenvalue weighted by Crippen LogP contribution is -2.28. The van der Waals surface area contributed by atoms with Gasteiger partial charge in [-0.2, -0.15) is 5.10 Å². The fourth-order valence-corrected chi connectivity index (χ4v) is 2.51. The fraction of sp³-hybridized carbons (Fsp3) is 0.357. The summed E-state index contributed by atoms with van der Waals surface area (Å²) in [7, 11) is 0. The zero-order valence-corrected chi connectivity index (χ0v) is 10.2. The zero-order valence-electron chi connectivity index (χ0n) is 10.2. The maximum atomic E-state index is 4.69. The molecule has 3 rings (SSSR count). The van der Waals surface area contributed by atoms with Gasteiger partial charge in [0.15, 0.2) is 0 Å². The van der Waals surface area contributed by atoms with Crippen LogP contribution < -0.4 is 5.32 Å². The molecule has 1 aromatic heterocycles. The van der Waals surface area contributed by atoms with E-state index in [9.17, 15) is 0 Å². The number of nitrogens with zero attached hydrogens (tertiary/aromatic N) is 2. The third-order valence-electron chi connectivity index (χ3n) is 3.31. The van der Waals surface area contributed by atoms with Crippen LogP contribution in [0.25, 0.3) is 11.3 Å². The lowest BCUT2D eigenvalue weighted by molar-refractivity contribution is 0.415. The molecule has 0 spiro atoms. The molecule has 0 bridgehead atoms. The first-order chi connectivity index (χ1) is 8.24. The summed E-state index contributed by atoms with van der Waals surface area (Å²) in [6, 6.07) is 13.5. The third-order valence-corrected chi connectivity index (χ3v) is 3.31. The molecule has 0 radical (unpaired) electrons. The van der Waals surface area contributed by atoms with E-state index < -0.39 is 0 Å². The van der Waals surface area contributed by atoms with Crippen molar-refractivity contribution in [1.82, 2.24) is 9.78 Å². The largest absolute Gasteiger partial charge is 0.368 e. The number of aromatic nitrogens is 2. The zero-order chi connectivity index (χ0) is 11.8. The number of rotatable bonds is 1. The van der Waals surface area contributed by atoms with Crippen molar-refractivity contribution in [1.29, 1.82) is 0 Å². The van der Waals surface area contributed by atoms with Gasteiger partial charge < -0.3 is 5.32 Å². The summed E-state index contributed by atoms with van der Waals surface area (Å²) in [6.07, 6.45) is 1.13. The molecule has 0 fully saturated rings. The number of fused-ring (bicyclic) bond motifs is 1. The molecule has 88 valence electrons. The van der Waals surface area contributed by atoms with Crippen molar-refractivity contribution in [3.8, 4) is 11.3 Å². The number of hydrogen-bond acceptors (Lipinski definition) is 2. The van der Waals surface area contributed by atoms with Crippen LogP contribution in [0.15, 0.2) is 36.4 Å². The predicted octanol–water partition coefficient (Wildman–Crippen LogP) is 3.32. The van der Waals surface area contributed by atoms with E-state index in [0.29, 0.717) is 12.1 Å². The van der Waals surface area contributed by atoms with E-state index in [4.69, 9.17) is 5.10 Å². The molecule has 2 aromatic rings. The van der Waals surface area contributed by atoms with Crippen molar-refractivity contribution < 1.29 is 0 Å². The van der Waals surface area contributed by atoms with Crippen LogP contribution in [0.1, 0.15) is 26.3 Å². The number of benzene rings is 1. The molecule has 0 saturated heterocycles. The predicted molar refractivity (Wildman–Crippen MR) is 70.1 cm³/mol. The average molecular weight is 227 g/mol. The summed E-state index contributed by atoms with van der Waals surface area (Å²) in [5.41, 5.74) is 2.23. The van der Waals surface area contributed by atoms with E-state index in [2.05, 4.69) is 42.0 Å². The van der Waals surface area contributed by atoms with Gasteiger partial charge in [0.05, 0.1) is 11.7 Å². The Kier molecular flexibility index (Phi) is 2.39. The van der Waals surface area contributed by atoms with Crippen LogP contribution in [-0.4, -0.2) is 15.8 Å². The first kappa shape index (κ1) is 10.4. The Hall–Kier alpha value is -1.77. The van der Waals surface area contributed by atoms with Gasteiger partial charge in [0.25, 0.3) is 0 Å². The summed E-state index contributed by atoms with van der Waals surface area (Å²) < 4.78 is 2.10. The van der Waals surface area contributed by atoms with Crippen LogP contribution in [0.2, 0.25) is 0 Å². The Bertz CT molecular complexity index is 516. The van der Waals surface area contributed by atoms with Gasteiger partial charge in [0.1, 0.15) is 5.82 Å². The van der Waals surface area contributed by atoms with Gasteiger partial charge in [0.2, 0.25) is 0 Å². The van der Waals surface area contributed by atoms with Gasteiger partial charge in [-0.1, -0.05) is 30.3 Å². The van der Waals surface area contributed by atoms with Crippen molar-refractivity contribution >= 4 is 5.82 Å². The van der Waals surface area contributed by atoms with E-state index >= 15 is 0 Å². The molecule has 1 aliphatic heterocycles. The van der Waals surface area contributed by atoms with E-state index in [0.717, 1.165) is 17.9 Å². The Morgan fingerprint density at radius 1 is 1.24 bits per heavy atom. The molecule has 3 heteroatoms. The molecule has 1 aliphatic rings. The SMILES string of the molecule is CC1CC(C)n2nc(-c3ccccc3)cc2N1. The lowest BCUT2D eigenvalue weighted by Gasteiger charge is -2.27. The molecule has 2 unspecified atom stereocenters. The van der Waals surface area contributed by atoms with Gasteiger partial charge in [-0.15, -0.1) is 0 Å². The molecule has 1 N–H and O–H groups in total.